The van der Waals surface area contributed by atoms with Crippen molar-refractivity contribution >= 4 is 29.3 Å². The first kappa shape index (κ1) is 16.9. The maximum atomic E-state index is 11.7. The molecular weight excluding hydrogens is 298 g/mol. The van der Waals surface area contributed by atoms with Gasteiger partial charge in [-0.05, 0) is 19.1 Å². The predicted octanol–water partition coefficient (Wildman–Crippen LogP) is 0.607. The van der Waals surface area contributed by atoms with Crippen molar-refractivity contribution < 1.29 is 28.8 Å². The number of ether oxygens (including phenoxy) is 2. The number of nitrogens with two attached hydrogens (primary N) is 1. The van der Waals surface area contributed by atoms with E-state index in [1.807, 2.05) is 5.32 Å². The van der Waals surface area contributed by atoms with Crippen LogP contribution in [0.15, 0.2) is 18.2 Å². The van der Waals surface area contributed by atoms with Crippen molar-refractivity contribution in [1.29, 1.82) is 0 Å². The minimum atomic E-state index is -0.970. The quantitative estimate of drug-likeness (QED) is 0.347. The van der Waals surface area contributed by atoms with Gasteiger partial charge in [-0.2, -0.15) is 0 Å². The zero-order chi connectivity index (χ0) is 16.7. The number of amides is 2. The molecule has 0 radical (unpaired) electrons. The van der Waals surface area contributed by atoms with Crippen LogP contribution in [0.5, 0.6) is 0 Å². The highest BCUT2D eigenvalue weighted by molar-refractivity contribution is 5.96. The highest BCUT2D eigenvalue weighted by Gasteiger charge is 2.18. The number of nitrogens with zero attached hydrogens (tertiary/aromatic N) is 1. The smallest absolute Gasteiger partial charge is 0.413 e. The molecule has 118 valence electrons. The molecule has 10 nitrogen and oxygen atoms in total. The fourth-order valence-electron chi connectivity index (χ4n) is 1.36. The number of nitro benzene ring substituents is 1. The molecular formula is C12H13N3O7. The van der Waals surface area contributed by atoms with Gasteiger partial charge in [-0.15, -0.1) is 0 Å². The first-order valence-corrected chi connectivity index (χ1v) is 6.02. The molecule has 2 amide bonds. The second kappa shape index (κ2) is 7.57. The van der Waals surface area contributed by atoms with Gasteiger partial charge in [-0.25, -0.2) is 9.59 Å². The van der Waals surface area contributed by atoms with Crippen molar-refractivity contribution in [3.63, 3.8) is 0 Å². The molecule has 0 saturated heterocycles. The molecule has 0 aliphatic heterocycles. The number of carbonyl (C=O) groups is 3. The number of carbonyl (C=O) groups excluding carboxylic acids is 3. The fourth-order valence-corrected chi connectivity index (χ4v) is 1.36. The van der Waals surface area contributed by atoms with Crippen molar-refractivity contribution in [2.24, 2.45) is 0 Å². The van der Waals surface area contributed by atoms with Crippen molar-refractivity contribution in [3.05, 3.63) is 33.9 Å². The molecule has 0 fully saturated rings. The summed E-state index contributed by atoms with van der Waals surface area (Å²) in [5.41, 5.74) is 4.68. The average Bonchev–Trinajstić information content (AvgIpc) is 2.45. The maximum absolute atomic E-state index is 11.7. The van der Waals surface area contributed by atoms with Crippen molar-refractivity contribution in [2.45, 2.75) is 6.92 Å². The predicted molar refractivity (Wildman–Crippen MR) is 73.0 cm³/mol. The van der Waals surface area contributed by atoms with E-state index < -0.39 is 35.2 Å². The van der Waals surface area contributed by atoms with E-state index in [0.29, 0.717) is 0 Å². The Morgan fingerprint density at radius 3 is 2.59 bits per heavy atom. The van der Waals surface area contributed by atoms with E-state index in [-0.39, 0.29) is 17.9 Å². The number of esters is 1. The molecule has 0 spiro atoms. The molecule has 0 aromatic heterocycles. The van der Waals surface area contributed by atoms with Crippen LogP contribution in [0.1, 0.15) is 17.3 Å². The zero-order valence-electron chi connectivity index (χ0n) is 11.5. The summed E-state index contributed by atoms with van der Waals surface area (Å²) in [5.74, 6) is -1.86. The number of nitrogen functional groups attached to an aromatic ring is 1. The van der Waals surface area contributed by atoms with Crippen LogP contribution in [-0.4, -0.2) is 36.1 Å². The van der Waals surface area contributed by atoms with Crippen LogP contribution >= 0.6 is 0 Å². The van der Waals surface area contributed by atoms with E-state index in [1.54, 1.807) is 6.92 Å². The third-order valence-electron chi connectivity index (χ3n) is 2.31. The van der Waals surface area contributed by atoms with Crippen LogP contribution in [0.2, 0.25) is 0 Å². The van der Waals surface area contributed by atoms with Gasteiger partial charge in [0, 0.05) is 6.07 Å². The summed E-state index contributed by atoms with van der Waals surface area (Å²) >= 11 is 0. The van der Waals surface area contributed by atoms with Crippen LogP contribution < -0.4 is 11.1 Å². The summed E-state index contributed by atoms with van der Waals surface area (Å²) in [4.78, 5) is 43.8. The molecule has 0 heterocycles. The fraction of sp³-hybridized carbons (Fsp3) is 0.250. The minimum absolute atomic E-state index is 0.0774. The number of nitrogens with one attached hydrogen (secondary N) is 1. The topological polar surface area (TPSA) is 151 Å². The highest BCUT2D eigenvalue weighted by Crippen LogP contribution is 2.22. The van der Waals surface area contributed by atoms with Gasteiger partial charge in [0.1, 0.15) is 5.69 Å². The second-order valence-corrected chi connectivity index (χ2v) is 3.88. The average molecular weight is 311 g/mol. The first-order chi connectivity index (χ1) is 10.3. The van der Waals surface area contributed by atoms with Crippen LogP contribution in [0, 0.1) is 10.1 Å². The van der Waals surface area contributed by atoms with Gasteiger partial charge in [0.25, 0.3) is 11.6 Å². The largest absolute Gasteiger partial charge is 0.452 e. The number of anilines is 1. The number of nitro groups is 1. The summed E-state index contributed by atoms with van der Waals surface area (Å²) in [7, 11) is 0. The Balaban J connectivity index is 2.63. The highest BCUT2D eigenvalue weighted by atomic mass is 16.6. The molecule has 1 aromatic carbocycles. The van der Waals surface area contributed by atoms with E-state index in [4.69, 9.17) is 5.73 Å². The van der Waals surface area contributed by atoms with Gasteiger partial charge < -0.3 is 15.2 Å². The lowest BCUT2D eigenvalue weighted by molar-refractivity contribution is -0.383. The lowest BCUT2D eigenvalue weighted by atomic mass is 10.2. The van der Waals surface area contributed by atoms with Crippen molar-refractivity contribution in [3.8, 4) is 0 Å². The number of imide groups is 1. The van der Waals surface area contributed by atoms with Crippen LogP contribution in [0.4, 0.5) is 16.2 Å². The Morgan fingerprint density at radius 1 is 1.32 bits per heavy atom. The molecule has 3 N–H and O–H groups in total. The van der Waals surface area contributed by atoms with Gasteiger partial charge in [-0.1, -0.05) is 0 Å². The van der Waals surface area contributed by atoms with Gasteiger partial charge in [-0.3, -0.25) is 20.2 Å². The van der Waals surface area contributed by atoms with E-state index in [2.05, 4.69) is 9.47 Å². The summed E-state index contributed by atoms with van der Waals surface area (Å²) in [6, 6.07) is 3.32. The standard InChI is InChI=1S/C12H13N3O7/c1-2-21-12(18)14-10(16)6-22-11(17)7-3-4-8(13)9(5-7)15(19)20/h3-5H,2,6,13H2,1H3,(H,14,16,18). The number of rotatable bonds is 5. The Hall–Kier alpha value is -3.17. The molecule has 1 rings (SSSR count). The molecule has 0 saturated carbocycles. The minimum Gasteiger partial charge on any atom is -0.452 e. The summed E-state index contributed by atoms with van der Waals surface area (Å²) in [5, 5.41) is 12.5. The normalized spacial score (nSPS) is 9.68. The summed E-state index contributed by atoms with van der Waals surface area (Å²) in [6.45, 7) is 0.891. The Kier molecular flexibility index (Phi) is 5.81. The third kappa shape index (κ3) is 4.74. The molecule has 10 heteroatoms. The number of hydrogen-bond acceptors (Lipinski definition) is 8. The zero-order valence-corrected chi connectivity index (χ0v) is 11.5. The van der Waals surface area contributed by atoms with Crippen molar-refractivity contribution in [2.75, 3.05) is 18.9 Å². The lowest BCUT2D eigenvalue weighted by Crippen LogP contribution is -2.34. The van der Waals surface area contributed by atoms with Gasteiger partial charge >= 0.3 is 12.1 Å². The summed E-state index contributed by atoms with van der Waals surface area (Å²) in [6.07, 6.45) is -0.966. The van der Waals surface area contributed by atoms with E-state index in [9.17, 15) is 24.5 Å². The van der Waals surface area contributed by atoms with E-state index in [1.165, 1.54) is 12.1 Å². The van der Waals surface area contributed by atoms with Crippen LogP contribution in [0.25, 0.3) is 0 Å². The van der Waals surface area contributed by atoms with Crippen LogP contribution in [-0.2, 0) is 14.3 Å². The molecule has 0 unspecified atom stereocenters. The monoisotopic (exact) mass is 311 g/mol. The number of hydrogen-bond donors (Lipinski definition) is 2. The van der Waals surface area contributed by atoms with Gasteiger partial charge in [0.15, 0.2) is 6.61 Å². The first-order valence-electron chi connectivity index (χ1n) is 6.02. The Morgan fingerprint density at radius 2 is 2.00 bits per heavy atom. The maximum Gasteiger partial charge on any atom is 0.413 e. The SMILES string of the molecule is CCOC(=O)NC(=O)COC(=O)c1ccc(N)c([N+](=O)[O-])c1. The summed E-state index contributed by atoms with van der Waals surface area (Å²) < 4.78 is 9.08. The van der Waals surface area contributed by atoms with Gasteiger partial charge in [0.05, 0.1) is 17.1 Å². The third-order valence-corrected chi connectivity index (χ3v) is 2.31. The Labute approximate surface area is 124 Å². The molecule has 0 aliphatic carbocycles. The molecule has 0 bridgehead atoms. The molecule has 0 atom stereocenters. The van der Waals surface area contributed by atoms with Crippen LogP contribution in [0.3, 0.4) is 0 Å². The van der Waals surface area contributed by atoms with E-state index >= 15 is 0 Å². The molecule has 0 aliphatic rings. The second-order valence-electron chi connectivity index (χ2n) is 3.88. The number of alkyl carbamates (subject to hydrolysis) is 1. The number of benzene rings is 1. The lowest BCUT2D eigenvalue weighted by Gasteiger charge is -2.06. The molecule has 22 heavy (non-hydrogen) atoms. The van der Waals surface area contributed by atoms with Crippen molar-refractivity contribution in [1.82, 2.24) is 5.32 Å². The molecule has 1 aromatic rings. The Bertz CT molecular complexity index is 615. The van der Waals surface area contributed by atoms with E-state index in [0.717, 1.165) is 6.07 Å². The van der Waals surface area contributed by atoms with Gasteiger partial charge in [0.2, 0.25) is 0 Å².